The molecular formula is C30H51BrO6. The maximum absolute atomic E-state index is 11.2. The predicted octanol–water partition coefficient (Wildman–Crippen LogP) is 5.99. The van der Waals surface area contributed by atoms with Crippen LogP contribution in [0.1, 0.15) is 113 Å². The van der Waals surface area contributed by atoms with Crippen molar-refractivity contribution >= 4 is 15.9 Å². The van der Waals surface area contributed by atoms with Gasteiger partial charge in [0, 0.05) is 4.83 Å². The van der Waals surface area contributed by atoms with Crippen molar-refractivity contribution in [2.24, 2.45) is 0 Å². The van der Waals surface area contributed by atoms with Gasteiger partial charge in [-0.3, -0.25) is 0 Å². The number of alkyl halides is 1. The first-order valence-electron chi connectivity index (χ1n) is 14.4. The third-order valence-electron chi connectivity index (χ3n) is 9.68. The van der Waals surface area contributed by atoms with Gasteiger partial charge in [-0.25, -0.2) is 0 Å². The van der Waals surface area contributed by atoms with E-state index in [1.54, 1.807) is 0 Å². The second-order valence-electron chi connectivity index (χ2n) is 14.2. The van der Waals surface area contributed by atoms with Crippen molar-refractivity contribution in [1.29, 1.82) is 0 Å². The van der Waals surface area contributed by atoms with Crippen LogP contribution in [0.4, 0.5) is 0 Å². The molecule has 4 aliphatic heterocycles. The van der Waals surface area contributed by atoms with Crippen molar-refractivity contribution < 1.29 is 29.2 Å². The van der Waals surface area contributed by atoms with E-state index in [0.29, 0.717) is 17.7 Å². The van der Waals surface area contributed by atoms with Crippen LogP contribution >= 0.6 is 15.9 Å². The van der Waals surface area contributed by atoms with Gasteiger partial charge in [-0.15, -0.1) is 0 Å². The van der Waals surface area contributed by atoms with Crippen molar-refractivity contribution in [3.8, 4) is 0 Å². The van der Waals surface area contributed by atoms with Crippen LogP contribution in [0.3, 0.4) is 0 Å². The Bertz CT molecular complexity index is 851. The van der Waals surface area contributed by atoms with E-state index in [1.165, 1.54) is 0 Å². The van der Waals surface area contributed by atoms with Gasteiger partial charge in [0.15, 0.2) is 0 Å². The van der Waals surface area contributed by atoms with Gasteiger partial charge in [0.2, 0.25) is 0 Å². The molecule has 0 radical (unpaired) electrons. The zero-order valence-electron chi connectivity index (χ0n) is 24.3. The molecule has 6 nitrogen and oxygen atoms in total. The lowest BCUT2D eigenvalue weighted by atomic mass is 9.78. The summed E-state index contributed by atoms with van der Waals surface area (Å²) in [6.07, 6.45) is 11.4. The van der Waals surface area contributed by atoms with E-state index in [0.717, 1.165) is 44.9 Å². The van der Waals surface area contributed by atoms with Gasteiger partial charge < -0.3 is 29.2 Å². The van der Waals surface area contributed by atoms with Gasteiger partial charge in [0.05, 0.1) is 58.0 Å². The largest absolute Gasteiger partial charge is 0.388 e. The molecule has 0 spiro atoms. The molecule has 37 heavy (non-hydrogen) atoms. The molecule has 9 atom stereocenters. The molecular weight excluding hydrogens is 536 g/mol. The summed E-state index contributed by atoms with van der Waals surface area (Å²) in [5, 5.41) is 21.6. The van der Waals surface area contributed by atoms with Crippen LogP contribution in [0.2, 0.25) is 0 Å². The van der Waals surface area contributed by atoms with Gasteiger partial charge >= 0.3 is 0 Å². The maximum atomic E-state index is 11.2. The molecule has 4 rings (SSSR count). The van der Waals surface area contributed by atoms with Gasteiger partial charge in [-0.2, -0.15) is 0 Å². The summed E-state index contributed by atoms with van der Waals surface area (Å²) in [6.45, 7) is 16.2. The summed E-state index contributed by atoms with van der Waals surface area (Å²) < 4.78 is 26.2. The van der Waals surface area contributed by atoms with Crippen LogP contribution in [0, 0.1) is 0 Å². The van der Waals surface area contributed by atoms with Crippen molar-refractivity contribution in [1.82, 2.24) is 0 Å². The second kappa shape index (κ2) is 10.1. The Balaban J connectivity index is 1.37. The fourth-order valence-corrected chi connectivity index (χ4v) is 7.23. The highest BCUT2D eigenvalue weighted by molar-refractivity contribution is 9.09. The molecule has 0 amide bonds. The van der Waals surface area contributed by atoms with Crippen LogP contribution in [0.15, 0.2) is 12.2 Å². The summed E-state index contributed by atoms with van der Waals surface area (Å²) in [5.41, 5.74) is -3.11. The van der Waals surface area contributed by atoms with Crippen LogP contribution in [-0.4, -0.2) is 73.1 Å². The van der Waals surface area contributed by atoms with Crippen molar-refractivity contribution in [3.05, 3.63) is 12.2 Å². The highest BCUT2D eigenvalue weighted by Crippen LogP contribution is 2.47. The van der Waals surface area contributed by atoms with Crippen molar-refractivity contribution in [2.75, 3.05) is 0 Å². The summed E-state index contributed by atoms with van der Waals surface area (Å²) in [5.74, 6) is 0. The van der Waals surface area contributed by atoms with E-state index in [1.807, 2.05) is 20.8 Å². The SMILES string of the molecule is CC1(C=CCC2OC(C3(C)CCC(Br)C(C)(C)O3)CCC2(C)O)CCC(C2(C)CCC(C(C)(C)O)O2)O1. The molecule has 214 valence electrons. The minimum absolute atomic E-state index is 0.00192. The summed E-state index contributed by atoms with van der Waals surface area (Å²) >= 11 is 3.78. The van der Waals surface area contributed by atoms with Crippen molar-refractivity contribution in [2.45, 2.75) is 176 Å². The zero-order valence-corrected chi connectivity index (χ0v) is 25.9. The Morgan fingerprint density at radius 2 is 1.51 bits per heavy atom. The van der Waals surface area contributed by atoms with E-state index < -0.39 is 11.2 Å². The molecule has 7 heteroatoms. The van der Waals surface area contributed by atoms with Crippen LogP contribution in [-0.2, 0) is 18.9 Å². The van der Waals surface area contributed by atoms with Gasteiger partial charge in [-0.05, 0) is 113 Å². The zero-order chi connectivity index (χ0) is 27.5. The van der Waals surface area contributed by atoms with E-state index >= 15 is 0 Å². The van der Waals surface area contributed by atoms with Gasteiger partial charge in [0.25, 0.3) is 0 Å². The van der Waals surface area contributed by atoms with Crippen LogP contribution in [0.25, 0.3) is 0 Å². The molecule has 9 unspecified atom stereocenters. The smallest absolute Gasteiger partial charge is 0.0923 e. The van der Waals surface area contributed by atoms with Gasteiger partial charge in [-0.1, -0.05) is 28.1 Å². The standard InChI is InChI=1S/C30H51BrO6/c1-25(2,32)21-14-19-29(7,36-21)24-12-16-27(5,35-24)15-9-10-22-28(6,33)17-13-23(34-22)30(8)18-11-20(31)26(3,4)37-30/h9,15,20-24,32-33H,10-14,16-19H2,1-8H3. The summed E-state index contributed by atoms with van der Waals surface area (Å²) in [6, 6.07) is 0. The summed E-state index contributed by atoms with van der Waals surface area (Å²) in [7, 11) is 0. The molecule has 4 fully saturated rings. The number of rotatable bonds is 6. The first kappa shape index (κ1) is 30.0. The molecule has 0 aromatic heterocycles. The number of hydrogen-bond acceptors (Lipinski definition) is 6. The molecule has 0 aromatic carbocycles. The second-order valence-corrected chi connectivity index (χ2v) is 15.3. The third-order valence-corrected chi connectivity index (χ3v) is 11.2. The maximum Gasteiger partial charge on any atom is 0.0923 e. The Morgan fingerprint density at radius 1 is 0.865 bits per heavy atom. The average molecular weight is 588 g/mol. The monoisotopic (exact) mass is 586 g/mol. The molecule has 0 bridgehead atoms. The minimum atomic E-state index is -0.878. The Labute approximate surface area is 233 Å². The fourth-order valence-electron chi connectivity index (χ4n) is 6.91. The van der Waals surface area contributed by atoms with Gasteiger partial charge in [0.1, 0.15) is 0 Å². The molecule has 0 aliphatic carbocycles. The lowest BCUT2D eigenvalue weighted by molar-refractivity contribution is -0.260. The topological polar surface area (TPSA) is 77.4 Å². The molecule has 0 aromatic rings. The predicted molar refractivity (Wildman–Crippen MR) is 149 cm³/mol. The average Bonchev–Trinajstić information content (AvgIpc) is 3.36. The van der Waals surface area contributed by atoms with Crippen molar-refractivity contribution in [3.63, 3.8) is 0 Å². The van der Waals surface area contributed by atoms with Crippen LogP contribution in [0.5, 0.6) is 0 Å². The molecule has 4 heterocycles. The number of halogens is 1. The third kappa shape index (κ3) is 6.34. The van der Waals surface area contributed by atoms with E-state index in [2.05, 4.69) is 62.7 Å². The van der Waals surface area contributed by atoms with E-state index in [4.69, 9.17) is 18.9 Å². The van der Waals surface area contributed by atoms with E-state index in [9.17, 15) is 10.2 Å². The Hall–Kier alpha value is -0.0200. The summed E-state index contributed by atoms with van der Waals surface area (Å²) in [4.78, 5) is 0.326. The Morgan fingerprint density at radius 3 is 2.14 bits per heavy atom. The molecule has 2 N–H and O–H groups in total. The minimum Gasteiger partial charge on any atom is -0.388 e. The highest BCUT2D eigenvalue weighted by atomic mass is 79.9. The first-order chi connectivity index (χ1) is 16.9. The van der Waals surface area contributed by atoms with E-state index in [-0.39, 0.29) is 46.8 Å². The fraction of sp³-hybridized carbons (Fsp3) is 0.933. The lowest BCUT2D eigenvalue weighted by Gasteiger charge is -2.53. The molecule has 0 saturated carbocycles. The lowest BCUT2D eigenvalue weighted by Crippen LogP contribution is -2.60. The Kier molecular flexibility index (Phi) is 8.19. The quantitative estimate of drug-likeness (QED) is 0.294. The molecule has 4 saturated heterocycles. The number of ether oxygens (including phenoxy) is 4. The van der Waals surface area contributed by atoms with Crippen LogP contribution < -0.4 is 0 Å². The number of aliphatic hydroxyl groups is 2. The molecule has 4 aliphatic rings. The highest BCUT2D eigenvalue weighted by Gasteiger charge is 2.53. The number of hydrogen-bond donors (Lipinski definition) is 2. The first-order valence-corrected chi connectivity index (χ1v) is 15.3. The normalized spacial score (nSPS) is 49.1.